The number of ether oxygens (including phenoxy) is 1. The van der Waals surface area contributed by atoms with Crippen LogP contribution in [0.15, 0.2) is 17.1 Å². The topological polar surface area (TPSA) is 79.1 Å². The maximum Gasteiger partial charge on any atom is 0.305 e. The number of aliphatic hydroxyl groups is 2. The summed E-state index contributed by atoms with van der Waals surface area (Å²) in [6.45, 7) is 4.36. The highest BCUT2D eigenvalue weighted by atomic mass is 32.2. The Kier molecular flexibility index (Phi) is 9.74. The van der Waals surface area contributed by atoms with Crippen LogP contribution in [0.3, 0.4) is 0 Å². The van der Waals surface area contributed by atoms with Gasteiger partial charge in [-0.2, -0.15) is 0 Å². The van der Waals surface area contributed by atoms with E-state index < -0.39 is 17.7 Å². The molecule has 2 rings (SSSR count). The predicted octanol–water partition coefficient (Wildman–Crippen LogP) is 3.73. The van der Waals surface area contributed by atoms with Crippen LogP contribution in [0.4, 0.5) is 0 Å². The van der Waals surface area contributed by atoms with Crippen molar-refractivity contribution < 1.29 is 19.7 Å². The van der Waals surface area contributed by atoms with Gasteiger partial charge >= 0.3 is 5.97 Å². The van der Waals surface area contributed by atoms with Gasteiger partial charge in [0, 0.05) is 31.1 Å². The number of aliphatic imine (C=N–C) groups is 1. The van der Waals surface area contributed by atoms with Crippen molar-refractivity contribution in [1.29, 1.82) is 0 Å². The summed E-state index contributed by atoms with van der Waals surface area (Å²) in [5.74, 6) is 3.46. The first kappa shape index (κ1) is 24.0. The predicted molar refractivity (Wildman–Crippen MR) is 119 cm³/mol. The average Bonchev–Trinajstić information content (AvgIpc) is 3.16. The Morgan fingerprint density at radius 2 is 2.24 bits per heavy atom. The van der Waals surface area contributed by atoms with Crippen molar-refractivity contribution in [3.8, 4) is 12.3 Å². The van der Waals surface area contributed by atoms with E-state index >= 15 is 0 Å². The highest BCUT2D eigenvalue weighted by Crippen LogP contribution is 2.50. The fraction of sp³-hybridized carbons (Fsp3) is 0.739. The molecule has 0 saturated heterocycles. The Morgan fingerprint density at radius 3 is 2.93 bits per heavy atom. The summed E-state index contributed by atoms with van der Waals surface area (Å²) >= 11 is 1.65. The second-order valence-electron chi connectivity index (χ2n) is 7.94. The van der Waals surface area contributed by atoms with Crippen molar-refractivity contribution in [3.63, 3.8) is 0 Å². The van der Waals surface area contributed by atoms with E-state index in [1.165, 1.54) is 0 Å². The van der Waals surface area contributed by atoms with E-state index in [9.17, 15) is 15.0 Å². The molecule has 5 atom stereocenters. The van der Waals surface area contributed by atoms with E-state index in [4.69, 9.17) is 16.2 Å². The Balaban J connectivity index is 1.90. The van der Waals surface area contributed by atoms with Crippen LogP contribution in [0.5, 0.6) is 0 Å². The van der Waals surface area contributed by atoms with Crippen molar-refractivity contribution in [2.24, 2.45) is 16.8 Å². The molecule has 0 aromatic heterocycles. The Labute approximate surface area is 179 Å². The minimum absolute atomic E-state index is 0.0640. The molecule has 0 spiro atoms. The number of fused-ring (bicyclic) bond motifs is 1. The van der Waals surface area contributed by atoms with Gasteiger partial charge in [0.2, 0.25) is 0 Å². The first-order chi connectivity index (χ1) is 14.0. The van der Waals surface area contributed by atoms with Crippen molar-refractivity contribution >= 4 is 22.8 Å². The number of nitrogens with zero attached hydrogens (tertiary/aromatic N) is 1. The van der Waals surface area contributed by atoms with Gasteiger partial charge in [0.1, 0.15) is 5.54 Å². The summed E-state index contributed by atoms with van der Waals surface area (Å²) in [6, 6.07) is 0. The number of rotatable bonds is 11. The fourth-order valence-electron chi connectivity index (χ4n) is 4.23. The van der Waals surface area contributed by atoms with Gasteiger partial charge < -0.3 is 14.9 Å². The lowest BCUT2D eigenvalue weighted by molar-refractivity contribution is -0.143. The monoisotopic (exact) mass is 421 g/mol. The lowest BCUT2D eigenvalue weighted by Gasteiger charge is -2.21. The van der Waals surface area contributed by atoms with Gasteiger partial charge in [-0.15, -0.1) is 18.2 Å². The molecule has 1 aliphatic carbocycles. The molecule has 0 bridgehead atoms. The van der Waals surface area contributed by atoms with Crippen LogP contribution >= 0.6 is 11.8 Å². The number of carbonyl (C=O) groups excluding carboxylic acids is 1. The van der Waals surface area contributed by atoms with Gasteiger partial charge in [-0.3, -0.25) is 9.79 Å². The average molecular weight is 422 g/mol. The first-order valence-electron chi connectivity index (χ1n) is 10.8. The molecule has 1 fully saturated rings. The van der Waals surface area contributed by atoms with E-state index in [1.807, 2.05) is 12.2 Å². The molecular weight excluding hydrogens is 386 g/mol. The van der Waals surface area contributed by atoms with Crippen molar-refractivity contribution in [3.05, 3.63) is 12.2 Å². The summed E-state index contributed by atoms with van der Waals surface area (Å²) in [4.78, 5) is 16.3. The summed E-state index contributed by atoms with van der Waals surface area (Å²) < 4.78 is 4.95. The Bertz CT molecular complexity index is 641. The van der Waals surface area contributed by atoms with Gasteiger partial charge in [0.25, 0.3) is 0 Å². The number of carbonyl (C=O) groups is 1. The molecule has 2 N–H and O–H groups in total. The van der Waals surface area contributed by atoms with Gasteiger partial charge in [-0.05, 0) is 25.5 Å². The molecule has 6 heteroatoms. The molecule has 0 amide bonds. The zero-order valence-electron chi connectivity index (χ0n) is 17.7. The van der Waals surface area contributed by atoms with E-state index in [-0.39, 0.29) is 17.8 Å². The molecule has 0 aromatic carbocycles. The summed E-state index contributed by atoms with van der Waals surface area (Å²) in [6.07, 6.45) is 15.0. The fourth-order valence-corrected chi connectivity index (χ4v) is 5.28. The maximum absolute atomic E-state index is 11.4. The number of unbranched alkanes of at least 4 members (excludes halogenated alkanes) is 2. The standard InChI is InChI=1S/C23H35NO4S/c1-4-7-8-10-17(25)12-13-18-19-15-21(24-23(19,5-2)16-20(18)26)29-14-9-11-22(27)28-6-3/h2,12-13,17-20,25-26H,4,6-11,14-16H2,1,3H3/t17-,18?,19?,20?,23?/m0/s1. The van der Waals surface area contributed by atoms with Crippen molar-refractivity contribution in [2.75, 3.05) is 12.4 Å². The first-order valence-corrected chi connectivity index (χ1v) is 11.8. The molecule has 162 valence electrons. The number of hydrogen-bond donors (Lipinski definition) is 2. The number of thioether (sulfide) groups is 1. The largest absolute Gasteiger partial charge is 0.466 e. The zero-order chi connectivity index (χ0) is 21.3. The van der Waals surface area contributed by atoms with Crippen LogP contribution in [0.1, 0.15) is 65.2 Å². The Morgan fingerprint density at radius 1 is 1.45 bits per heavy atom. The quantitative estimate of drug-likeness (QED) is 0.230. The summed E-state index contributed by atoms with van der Waals surface area (Å²) in [5, 5.41) is 21.8. The summed E-state index contributed by atoms with van der Waals surface area (Å²) in [5.41, 5.74) is -0.648. The third-order valence-corrected chi connectivity index (χ3v) is 6.85. The number of esters is 1. The number of terminal acetylenes is 1. The van der Waals surface area contributed by atoms with E-state index in [1.54, 1.807) is 18.7 Å². The van der Waals surface area contributed by atoms with Crippen LogP contribution < -0.4 is 0 Å². The lowest BCUT2D eigenvalue weighted by atomic mass is 9.83. The van der Waals surface area contributed by atoms with Crippen LogP contribution in [0.2, 0.25) is 0 Å². The van der Waals surface area contributed by atoms with Crippen LogP contribution in [-0.2, 0) is 9.53 Å². The molecule has 1 saturated carbocycles. The van der Waals surface area contributed by atoms with Crippen LogP contribution in [-0.4, -0.2) is 51.3 Å². The number of hydrogen-bond acceptors (Lipinski definition) is 6. The molecule has 29 heavy (non-hydrogen) atoms. The minimum atomic E-state index is -0.648. The minimum Gasteiger partial charge on any atom is -0.466 e. The van der Waals surface area contributed by atoms with Crippen LogP contribution in [0, 0.1) is 24.2 Å². The lowest BCUT2D eigenvalue weighted by Crippen LogP contribution is -2.27. The normalized spacial score (nSPS) is 29.5. The highest BCUT2D eigenvalue weighted by Gasteiger charge is 2.55. The molecular formula is C23H35NO4S. The highest BCUT2D eigenvalue weighted by molar-refractivity contribution is 8.13. The van der Waals surface area contributed by atoms with E-state index in [0.717, 1.165) is 49.3 Å². The molecule has 0 aromatic rings. The zero-order valence-corrected chi connectivity index (χ0v) is 18.5. The second kappa shape index (κ2) is 11.8. The second-order valence-corrected chi connectivity index (χ2v) is 9.11. The third kappa shape index (κ3) is 6.60. The number of aliphatic hydroxyl groups excluding tert-OH is 2. The van der Waals surface area contributed by atoms with Crippen molar-refractivity contribution in [2.45, 2.75) is 83.0 Å². The Hall–Kier alpha value is -1.29. The van der Waals surface area contributed by atoms with Crippen LogP contribution in [0.25, 0.3) is 0 Å². The van der Waals surface area contributed by atoms with Gasteiger partial charge in [0.05, 0.1) is 23.9 Å². The molecule has 5 nitrogen and oxygen atoms in total. The van der Waals surface area contributed by atoms with E-state index in [0.29, 0.717) is 19.4 Å². The van der Waals surface area contributed by atoms with Crippen molar-refractivity contribution in [1.82, 2.24) is 0 Å². The molecule has 2 aliphatic rings. The van der Waals surface area contributed by atoms with E-state index in [2.05, 4.69) is 12.8 Å². The molecule has 1 heterocycles. The smallest absolute Gasteiger partial charge is 0.305 e. The SMILES string of the molecule is C#CC12CC(O)C(C=C[C@@H](O)CCCCC)C1CC(SCCCC(=O)OCC)=N2. The van der Waals surface area contributed by atoms with Gasteiger partial charge in [-0.25, -0.2) is 0 Å². The molecule has 4 unspecified atom stereocenters. The maximum atomic E-state index is 11.4. The third-order valence-electron chi connectivity index (χ3n) is 5.77. The molecule has 0 radical (unpaired) electrons. The molecule has 1 aliphatic heterocycles. The van der Waals surface area contributed by atoms with Gasteiger partial charge in [0.15, 0.2) is 0 Å². The van der Waals surface area contributed by atoms with Gasteiger partial charge in [-0.1, -0.05) is 44.3 Å². The summed E-state index contributed by atoms with van der Waals surface area (Å²) in [7, 11) is 0.